The number of sulfonamides is 1. The van der Waals surface area contributed by atoms with Crippen molar-refractivity contribution in [2.24, 2.45) is 5.92 Å². The van der Waals surface area contributed by atoms with E-state index in [1.807, 2.05) is 0 Å². The van der Waals surface area contributed by atoms with Gasteiger partial charge in [0.1, 0.15) is 18.3 Å². The van der Waals surface area contributed by atoms with Crippen molar-refractivity contribution in [3.05, 3.63) is 72.3 Å². The third-order valence-corrected chi connectivity index (χ3v) is 7.44. The number of halogens is 3. The molecule has 1 heterocycles. The zero-order valence-electron chi connectivity index (χ0n) is 19.2. The van der Waals surface area contributed by atoms with Crippen LogP contribution < -0.4 is 15.4 Å². The summed E-state index contributed by atoms with van der Waals surface area (Å²) >= 11 is 0. The van der Waals surface area contributed by atoms with Crippen LogP contribution >= 0.6 is 0 Å². The molecule has 3 unspecified atom stereocenters. The van der Waals surface area contributed by atoms with Gasteiger partial charge in [0.15, 0.2) is 5.78 Å². The SMILES string of the molecule is C=CCOc1ccc(C2NC(=O)NC(O)(C(F)(F)F)C2C(=O)c2ccc(S(=O)(=O)N(C)C)cc2)cc1. The number of alkyl halides is 3. The molecule has 1 saturated heterocycles. The van der Waals surface area contributed by atoms with Crippen LogP contribution in [0.15, 0.2) is 66.1 Å². The Bertz CT molecular complexity index is 1250. The summed E-state index contributed by atoms with van der Waals surface area (Å²) in [5, 5.41) is 14.4. The highest BCUT2D eigenvalue weighted by Crippen LogP contribution is 2.44. The van der Waals surface area contributed by atoms with E-state index in [2.05, 4.69) is 11.9 Å². The van der Waals surface area contributed by atoms with E-state index >= 15 is 0 Å². The molecule has 2 amide bonds. The van der Waals surface area contributed by atoms with Gasteiger partial charge in [-0.1, -0.05) is 36.9 Å². The van der Waals surface area contributed by atoms with Gasteiger partial charge >= 0.3 is 12.2 Å². The minimum atomic E-state index is -5.43. The molecule has 3 N–H and O–H groups in total. The van der Waals surface area contributed by atoms with Crippen molar-refractivity contribution in [1.82, 2.24) is 14.9 Å². The minimum Gasteiger partial charge on any atom is -0.490 e. The Kier molecular flexibility index (Phi) is 7.48. The monoisotopic (exact) mass is 527 g/mol. The summed E-state index contributed by atoms with van der Waals surface area (Å²) in [4.78, 5) is 25.4. The van der Waals surface area contributed by atoms with Gasteiger partial charge in [-0.3, -0.25) is 4.79 Å². The number of amides is 2. The number of carbonyl (C=O) groups is 2. The summed E-state index contributed by atoms with van der Waals surface area (Å²) in [5.41, 5.74) is -4.11. The number of rotatable bonds is 8. The number of aliphatic hydroxyl groups is 1. The van der Waals surface area contributed by atoms with Gasteiger partial charge in [-0.25, -0.2) is 17.5 Å². The molecule has 0 saturated carbocycles. The Labute approximate surface area is 205 Å². The molecule has 0 aliphatic carbocycles. The lowest BCUT2D eigenvalue weighted by atomic mass is 9.77. The predicted octanol–water partition coefficient (Wildman–Crippen LogP) is 2.61. The summed E-state index contributed by atoms with van der Waals surface area (Å²) in [6, 6.07) is 6.92. The van der Waals surface area contributed by atoms with Gasteiger partial charge in [-0.15, -0.1) is 0 Å². The first kappa shape index (κ1) is 27.2. The first-order chi connectivity index (χ1) is 16.7. The molecule has 3 atom stereocenters. The van der Waals surface area contributed by atoms with Crippen molar-refractivity contribution in [2.45, 2.75) is 22.8 Å². The van der Waals surface area contributed by atoms with Gasteiger partial charge in [0, 0.05) is 19.7 Å². The van der Waals surface area contributed by atoms with Crippen LogP contribution in [0.5, 0.6) is 5.75 Å². The van der Waals surface area contributed by atoms with Gasteiger partial charge in [-0.2, -0.15) is 13.2 Å². The third-order valence-electron chi connectivity index (χ3n) is 5.61. The zero-order chi connectivity index (χ0) is 26.9. The van der Waals surface area contributed by atoms with Gasteiger partial charge in [0.25, 0.3) is 0 Å². The number of ether oxygens (including phenoxy) is 1. The van der Waals surface area contributed by atoms with Crippen molar-refractivity contribution < 1.29 is 41.0 Å². The molecule has 2 aromatic rings. The molecular formula is C23H24F3N3O6S. The Morgan fingerprint density at radius 3 is 2.25 bits per heavy atom. The summed E-state index contributed by atoms with van der Waals surface area (Å²) in [6.45, 7) is 3.69. The standard InChI is InChI=1S/C23H24F3N3O6S/c1-4-13-35-16-9-5-14(6-10-16)19-18(22(32,23(24,25)26)28-21(31)27-19)20(30)15-7-11-17(12-8-15)36(33,34)29(2)3/h4-12,18-19,32H,1,13H2,2-3H3,(H2,27,28,31). The Morgan fingerprint density at radius 1 is 1.17 bits per heavy atom. The summed E-state index contributed by atoms with van der Waals surface area (Å²) in [7, 11) is -1.26. The number of Topliss-reactive ketones (excluding diaryl/α,β-unsaturated/α-hetero) is 1. The lowest BCUT2D eigenvalue weighted by Crippen LogP contribution is -2.72. The van der Waals surface area contributed by atoms with E-state index in [1.54, 1.807) is 0 Å². The predicted molar refractivity (Wildman–Crippen MR) is 123 cm³/mol. The Hall–Kier alpha value is -3.42. The van der Waals surface area contributed by atoms with E-state index in [-0.39, 0.29) is 22.6 Å². The molecule has 2 aromatic carbocycles. The van der Waals surface area contributed by atoms with E-state index in [0.29, 0.717) is 5.75 Å². The van der Waals surface area contributed by atoms with Crippen LogP contribution in [0, 0.1) is 5.92 Å². The fourth-order valence-electron chi connectivity index (χ4n) is 3.72. The van der Waals surface area contributed by atoms with E-state index in [4.69, 9.17) is 4.74 Å². The number of ketones is 1. The smallest absolute Gasteiger partial charge is 0.437 e. The van der Waals surface area contributed by atoms with Crippen LogP contribution in [0.1, 0.15) is 22.0 Å². The highest BCUT2D eigenvalue weighted by atomic mass is 32.2. The molecular weight excluding hydrogens is 503 g/mol. The average Bonchev–Trinajstić information content (AvgIpc) is 2.81. The van der Waals surface area contributed by atoms with E-state index in [0.717, 1.165) is 28.6 Å². The summed E-state index contributed by atoms with van der Waals surface area (Å²) < 4.78 is 73.1. The molecule has 194 valence electrons. The number of hydrogen-bond acceptors (Lipinski definition) is 6. The number of benzene rings is 2. The molecule has 9 nitrogen and oxygen atoms in total. The second-order valence-electron chi connectivity index (χ2n) is 8.16. The van der Waals surface area contributed by atoms with Crippen LogP contribution in [0.25, 0.3) is 0 Å². The highest BCUT2D eigenvalue weighted by Gasteiger charge is 2.66. The molecule has 13 heteroatoms. The van der Waals surface area contributed by atoms with Gasteiger partial charge < -0.3 is 20.5 Å². The first-order valence-corrected chi connectivity index (χ1v) is 11.9. The van der Waals surface area contributed by atoms with Crippen molar-refractivity contribution >= 4 is 21.8 Å². The van der Waals surface area contributed by atoms with Crippen molar-refractivity contribution in [2.75, 3.05) is 20.7 Å². The average molecular weight is 528 g/mol. The molecule has 1 aliphatic heterocycles. The van der Waals surface area contributed by atoms with Gasteiger partial charge in [0.05, 0.1) is 10.9 Å². The minimum absolute atomic E-state index is 0.101. The molecule has 36 heavy (non-hydrogen) atoms. The first-order valence-electron chi connectivity index (χ1n) is 10.5. The number of nitrogens with one attached hydrogen (secondary N) is 2. The number of carbonyl (C=O) groups excluding carboxylic acids is 2. The molecule has 0 spiro atoms. The van der Waals surface area contributed by atoms with E-state index < -0.39 is 45.7 Å². The maximum atomic E-state index is 14.1. The quantitative estimate of drug-likeness (QED) is 0.358. The third kappa shape index (κ3) is 5.08. The zero-order valence-corrected chi connectivity index (χ0v) is 20.1. The number of hydrogen-bond donors (Lipinski definition) is 3. The Morgan fingerprint density at radius 2 is 1.75 bits per heavy atom. The summed E-state index contributed by atoms with van der Waals surface area (Å²) in [6.07, 6.45) is -3.93. The van der Waals surface area contributed by atoms with Crippen LogP contribution in [-0.2, 0) is 10.0 Å². The normalized spacial score (nSPS) is 22.5. The molecule has 0 radical (unpaired) electrons. The summed E-state index contributed by atoms with van der Waals surface area (Å²) in [5.74, 6) is -3.06. The van der Waals surface area contributed by atoms with Crippen LogP contribution in [0.4, 0.5) is 18.0 Å². The van der Waals surface area contributed by atoms with Gasteiger partial charge in [-0.05, 0) is 29.8 Å². The maximum absolute atomic E-state index is 14.1. The van der Waals surface area contributed by atoms with Crippen molar-refractivity contribution in [1.29, 1.82) is 0 Å². The second kappa shape index (κ2) is 9.91. The number of urea groups is 1. The van der Waals surface area contributed by atoms with Crippen LogP contribution in [0.2, 0.25) is 0 Å². The van der Waals surface area contributed by atoms with Crippen molar-refractivity contribution in [3.8, 4) is 5.75 Å². The number of nitrogens with zero attached hydrogens (tertiary/aromatic N) is 1. The van der Waals surface area contributed by atoms with Crippen LogP contribution in [0.3, 0.4) is 0 Å². The molecule has 3 rings (SSSR count). The van der Waals surface area contributed by atoms with E-state index in [1.165, 1.54) is 49.8 Å². The Balaban J connectivity index is 2.07. The lowest BCUT2D eigenvalue weighted by molar-refractivity contribution is -0.287. The molecule has 0 aromatic heterocycles. The topological polar surface area (TPSA) is 125 Å². The molecule has 1 aliphatic rings. The highest BCUT2D eigenvalue weighted by molar-refractivity contribution is 7.89. The lowest BCUT2D eigenvalue weighted by Gasteiger charge is -2.45. The fourth-order valence-corrected chi connectivity index (χ4v) is 4.63. The van der Waals surface area contributed by atoms with Gasteiger partial charge in [0.2, 0.25) is 15.7 Å². The largest absolute Gasteiger partial charge is 0.490 e. The maximum Gasteiger partial charge on any atom is 0.437 e. The molecule has 1 fully saturated rings. The molecule has 0 bridgehead atoms. The van der Waals surface area contributed by atoms with Crippen LogP contribution in [-0.4, -0.2) is 62.2 Å². The second-order valence-corrected chi connectivity index (χ2v) is 10.3. The van der Waals surface area contributed by atoms with Crippen molar-refractivity contribution in [3.63, 3.8) is 0 Å². The van der Waals surface area contributed by atoms with E-state index in [9.17, 15) is 36.3 Å². The fraction of sp³-hybridized carbons (Fsp3) is 0.304.